The molecular formula is C12H11F2N3O2. The summed E-state index contributed by atoms with van der Waals surface area (Å²) in [4.78, 5) is 14.0. The van der Waals surface area contributed by atoms with Crippen LogP contribution in [0.1, 0.15) is 22.8 Å². The van der Waals surface area contributed by atoms with Crippen LogP contribution < -0.4 is 4.74 Å². The van der Waals surface area contributed by atoms with E-state index in [1.165, 1.54) is 13.0 Å². The number of alkyl halides is 1. The van der Waals surface area contributed by atoms with Gasteiger partial charge in [0.25, 0.3) is 0 Å². The van der Waals surface area contributed by atoms with Crippen molar-refractivity contribution < 1.29 is 18.3 Å². The third-order valence-electron chi connectivity index (χ3n) is 3.01. The molecule has 0 amide bonds. The molecule has 1 aliphatic heterocycles. The molecule has 19 heavy (non-hydrogen) atoms. The molecule has 1 atom stereocenters. The van der Waals surface area contributed by atoms with Gasteiger partial charge in [0.2, 0.25) is 0 Å². The molecule has 0 saturated carbocycles. The summed E-state index contributed by atoms with van der Waals surface area (Å²) in [5, 5.41) is 3.31. The number of rotatable bonds is 4. The zero-order valence-electron chi connectivity index (χ0n) is 10.2. The van der Waals surface area contributed by atoms with E-state index in [1.807, 2.05) is 0 Å². The maximum atomic E-state index is 13.4. The maximum absolute atomic E-state index is 13.4. The van der Waals surface area contributed by atoms with Crippen molar-refractivity contribution in [3.8, 4) is 5.75 Å². The highest BCUT2D eigenvalue weighted by Gasteiger charge is 2.41. The normalized spacial score (nSPS) is 20.4. The number of azide groups is 1. The number of Topliss-reactive ketones (excluding diaryl/α,β-unsaturated/α-hetero) is 1. The van der Waals surface area contributed by atoms with E-state index in [0.29, 0.717) is 5.56 Å². The van der Waals surface area contributed by atoms with Crippen molar-refractivity contribution in [1.82, 2.24) is 0 Å². The van der Waals surface area contributed by atoms with Crippen molar-refractivity contribution in [2.75, 3.05) is 13.2 Å². The van der Waals surface area contributed by atoms with E-state index in [9.17, 15) is 13.6 Å². The van der Waals surface area contributed by atoms with Crippen LogP contribution in [0.3, 0.4) is 0 Å². The van der Waals surface area contributed by atoms with E-state index in [2.05, 4.69) is 10.0 Å². The lowest BCUT2D eigenvalue weighted by molar-refractivity contribution is 0.0714. The average molecular weight is 267 g/mol. The lowest BCUT2D eigenvalue weighted by Gasteiger charge is -2.23. The fourth-order valence-electron chi connectivity index (χ4n) is 2.13. The smallest absolute Gasteiger partial charge is 0.163 e. The molecule has 1 heterocycles. The predicted octanol–water partition coefficient (Wildman–Crippen LogP) is 2.98. The molecule has 0 bridgehead atoms. The number of carbonyl (C=O) groups is 1. The zero-order valence-corrected chi connectivity index (χ0v) is 10.2. The van der Waals surface area contributed by atoms with Gasteiger partial charge in [-0.15, -0.1) is 0 Å². The molecule has 1 aromatic carbocycles. The van der Waals surface area contributed by atoms with E-state index in [1.54, 1.807) is 0 Å². The zero-order chi connectivity index (χ0) is 14.0. The van der Waals surface area contributed by atoms with Crippen LogP contribution in [0, 0.1) is 5.82 Å². The molecule has 1 aliphatic rings. The monoisotopic (exact) mass is 267 g/mol. The third kappa shape index (κ3) is 2.37. The molecule has 1 aromatic rings. The van der Waals surface area contributed by atoms with Gasteiger partial charge in [0.1, 0.15) is 23.8 Å². The highest BCUT2D eigenvalue weighted by atomic mass is 19.1. The Hall–Kier alpha value is -2.14. The summed E-state index contributed by atoms with van der Waals surface area (Å²) in [5.74, 6) is -0.764. The fourth-order valence-corrected chi connectivity index (χ4v) is 2.13. The quantitative estimate of drug-likeness (QED) is 0.364. The Bertz CT molecular complexity index is 585. The van der Waals surface area contributed by atoms with E-state index < -0.39 is 18.1 Å². The molecule has 5 nitrogen and oxygen atoms in total. The number of halogens is 2. The third-order valence-corrected chi connectivity index (χ3v) is 3.01. The predicted molar refractivity (Wildman–Crippen MR) is 63.5 cm³/mol. The Balaban J connectivity index is 2.45. The van der Waals surface area contributed by atoms with Crippen molar-refractivity contribution >= 4 is 5.78 Å². The number of benzene rings is 1. The summed E-state index contributed by atoms with van der Waals surface area (Å²) in [5.41, 5.74) is 7.45. The number of hydrogen-bond acceptors (Lipinski definition) is 3. The lowest BCUT2D eigenvalue weighted by Crippen LogP contribution is -2.40. The highest BCUT2D eigenvalue weighted by Crippen LogP contribution is 2.39. The standard InChI is InChI=1S/C12H11F2N3O2/c1-7(18)10-3-9(14)2-8-4-12(5-13,6-16-17-15)19-11(8)10/h2-3H,4-6H2,1H3. The number of hydrogen-bond donors (Lipinski definition) is 0. The Morgan fingerprint density at radius 3 is 2.95 bits per heavy atom. The molecule has 0 saturated heterocycles. The number of carbonyl (C=O) groups excluding carboxylic acids is 1. The van der Waals surface area contributed by atoms with E-state index in [4.69, 9.17) is 10.3 Å². The van der Waals surface area contributed by atoms with Crippen LogP contribution in [0.4, 0.5) is 8.78 Å². The van der Waals surface area contributed by atoms with Crippen molar-refractivity contribution in [2.24, 2.45) is 5.11 Å². The Morgan fingerprint density at radius 2 is 2.37 bits per heavy atom. The van der Waals surface area contributed by atoms with Crippen LogP contribution in [0.15, 0.2) is 17.2 Å². The Labute approximate surface area is 107 Å². The number of nitrogens with zero attached hydrogens (tertiary/aromatic N) is 3. The minimum absolute atomic E-state index is 0.0654. The van der Waals surface area contributed by atoms with Crippen LogP contribution >= 0.6 is 0 Å². The Kier molecular flexibility index (Phi) is 3.40. The average Bonchev–Trinajstić information content (AvgIpc) is 2.74. The Morgan fingerprint density at radius 1 is 1.63 bits per heavy atom. The minimum Gasteiger partial charge on any atom is -0.483 e. The second-order valence-corrected chi connectivity index (χ2v) is 4.48. The van der Waals surface area contributed by atoms with Crippen molar-refractivity contribution in [3.05, 3.63) is 39.5 Å². The van der Waals surface area contributed by atoms with Crippen molar-refractivity contribution in [1.29, 1.82) is 0 Å². The van der Waals surface area contributed by atoms with Gasteiger partial charge in [-0.1, -0.05) is 5.11 Å². The minimum atomic E-state index is -1.34. The van der Waals surface area contributed by atoms with Crippen LogP contribution in [0.5, 0.6) is 5.75 Å². The summed E-state index contributed by atoms with van der Waals surface area (Å²) in [6.45, 7) is 0.175. The molecule has 0 radical (unpaired) electrons. The molecule has 1 unspecified atom stereocenters. The fraction of sp³-hybridized carbons (Fsp3) is 0.417. The first-order valence-electron chi connectivity index (χ1n) is 5.60. The maximum Gasteiger partial charge on any atom is 0.163 e. The van der Waals surface area contributed by atoms with Gasteiger partial charge < -0.3 is 4.74 Å². The van der Waals surface area contributed by atoms with Crippen molar-refractivity contribution in [3.63, 3.8) is 0 Å². The van der Waals surface area contributed by atoms with Gasteiger partial charge in [-0.05, 0) is 24.6 Å². The topological polar surface area (TPSA) is 75.1 Å². The summed E-state index contributed by atoms with van der Waals surface area (Å²) >= 11 is 0. The van der Waals surface area contributed by atoms with Crippen LogP contribution in [-0.2, 0) is 6.42 Å². The molecular weight excluding hydrogens is 256 g/mol. The van der Waals surface area contributed by atoms with Gasteiger partial charge in [0, 0.05) is 16.9 Å². The summed E-state index contributed by atoms with van der Waals surface area (Å²) in [6.07, 6.45) is 0.0654. The number of ketones is 1. The largest absolute Gasteiger partial charge is 0.483 e. The first-order chi connectivity index (χ1) is 9.01. The van der Waals surface area contributed by atoms with Gasteiger partial charge >= 0.3 is 0 Å². The van der Waals surface area contributed by atoms with Gasteiger partial charge in [-0.3, -0.25) is 4.79 Å². The van der Waals surface area contributed by atoms with Crippen molar-refractivity contribution in [2.45, 2.75) is 18.9 Å². The van der Waals surface area contributed by atoms with E-state index >= 15 is 0 Å². The van der Waals surface area contributed by atoms with Crippen LogP contribution in [-0.4, -0.2) is 24.6 Å². The van der Waals surface area contributed by atoms with Gasteiger partial charge in [0.15, 0.2) is 5.78 Å². The summed E-state index contributed by atoms with van der Waals surface area (Å²) in [7, 11) is 0. The van der Waals surface area contributed by atoms with Gasteiger partial charge in [-0.2, -0.15) is 0 Å². The SMILES string of the molecule is CC(=O)c1cc(F)cc2c1OC(CF)(CN=[N+]=[N-])C2. The second kappa shape index (κ2) is 4.85. The first kappa shape index (κ1) is 13.3. The summed E-state index contributed by atoms with van der Waals surface area (Å²) < 4.78 is 32.1. The first-order valence-corrected chi connectivity index (χ1v) is 5.60. The van der Waals surface area contributed by atoms with E-state index in [0.717, 1.165) is 6.07 Å². The van der Waals surface area contributed by atoms with Crippen LogP contribution in [0.2, 0.25) is 0 Å². The summed E-state index contributed by atoms with van der Waals surface area (Å²) in [6, 6.07) is 2.26. The number of fused-ring (bicyclic) bond motifs is 1. The molecule has 0 fully saturated rings. The van der Waals surface area contributed by atoms with Gasteiger partial charge in [-0.25, -0.2) is 8.78 Å². The molecule has 0 N–H and O–H groups in total. The second-order valence-electron chi connectivity index (χ2n) is 4.48. The molecule has 0 aromatic heterocycles. The molecule has 0 aliphatic carbocycles. The molecule has 0 spiro atoms. The van der Waals surface area contributed by atoms with E-state index in [-0.39, 0.29) is 30.1 Å². The number of ether oxygens (including phenoxy) is 1. The highest BCUT2D eigenvalue weighted by molar-refractivity contribution is 5.97. The molecule has 7 heteroatoms. The van der Waals surface area contributed by atoms with Gasteiger partial charge in [0.05, 0.1) is 12.1 Å². The lowest BCUT2D eigenvalue weighted by atomic mass is 9.97. The molecule has 100 valence electrons. The molecule has 2 rings (SSSR count). The van der Waals surface area contributed by atoms with Crippen LogP contribution in [0.25, 0.3) is 10.4 Å².